The van der Waals surface area contributed by atoms with E-state index >= 15 is 0 Å². The third-order valence-electron chi connectivity index (χ3n) is 4.18. The van der Waals surface area contributed by atoms with Crippen molar-refractivity contribution in [1.29, 1.82) is 0 Å². The smallest absolute Gasteiger partial charge is 0.261 e. The fourth-order valence-electron chi connectivity index (χ4n) is 2.84. The van der Waals surface area contributed by atoms with Crippen LogP contribution in [0.1, 0.15) is 36.6 Å². The van der Waals surface area contributed by atoms with Crippen molar-refractivity contribution in [2.24, 2.45) is 0 Å². The van der Waals surface area contributed by atoms with E-state index < -0.39 is 11.8 Å². The molecule has 0 aliphatic carbocycles. The van der Waals surface area contributed by atoms with Crippen molar-refractivity contribution >= 4 is 17.7 Å². The number of nitrogens with one attached hydrogen (secondary N) is 1. The van der Waals surface area contributed by atoms with Gasteiger partial charge in [-0.3, -0.25) is 19.3 Å². The first-order chi connectivity index (χ1) is 12.5. The molecule has 1 aliphatic heterocycles. The van der Waals surface area contributed by atoms with Gasteiger partial charge in [-0.05, 0) is 36.2 Å². The molecule has 0 bridgehead atoms. The molecule has 1 N–H and O–H groups in total. The minimum atomic E-state index is -0.439. The Morgan fingerprint density at radius 1 is 1.12 bits per heavy atom. The maximum atomic E-state index is 13.6. The number of nitrogens with zero attached hydrogens (tertiary/aromatic N) is 1. The van der Waals surface area contributed by atoms with Crippen LogP contribution in [0.25, 0.3) is 0 Å². The maximum Gasteiger partial charge on any atom is 0.261 e. The first kappa shape index (κ1) is 17.5. The number of imide groups is 1. The molecule has 2 aromatic rings. The third-order valence-corrected chi connectivity index (χ3v) is 4.18. The minimum absolute atomic E-state index is 0.122. The van der Waals surface area contributed by atoms with Crippen molar-refractivity contribution in [3.8, 4) is 0 Å². The second-order valence-electron chi connectivity index (χ2n) is 5.87. The molecule has 0 spiro atoms. The predicted molar refractivity (Wildman–Crippen MR) is 94.4 cm³/mol. The monoisotopic (exact) mass is 352 g/mol. The van der Waals surface area contributed by atoms with Crippen LogP contribution in [0.3, 0.4) is 0 Å². The van der Waals surface area contributed by atoms with Crippen molar-refractivity contribution in [2.45, 2.75) is 6.42 Å². The van der Waals surface area contributed by atoms with Gasteiger partial charge in [-0.25, -0.2) is 4.39 Å². The number of carbonyl (C=O) groups is 3. The molecule has 132 valence electrons. The fraction of sp³-hybridized carbons (Fsp3) is 0.150. The van der Waals surface area contributed by atoms with Crippen molar-refractivity contribution in [1.82, 2.24) is 10.2 Å². The molecule has 0 radical (unpaired) electrons. The van der Waals surface area contributed by atoms with E-state index in [4.69, 9.17) is 0 Å². The van der Waals surface area contributed by atoms with Crippen LogP contribution >= 0.6 is 0 Å². The number of fused-ring (bicyclic) bond motifs is 1. The van der Waals surface area contributed by atoms with Crippen molar-refractivity contribution in [3.63, 3.8) is 0 Å². The van der Waals surface area contributed by atoms with Crippen LogP contribution in [0.15, 0.2) is 55.1 Å². The Kier molecular flexibility index (Phi) is 4.93. The summed E-state index contributed by atoms with van der Waals surface area (Å²) in [6.45, 7) is 3.91. The molecule has 0 unspecified atom stereocenters. The molecule has 6 heteroatoms. The normalized spacial score (nSPS) is 12.9. The standard InChI is InChI=1S/C20H17FN2O3/c1-2-11-23-19(25)15-8-7-14(12-16(15)20(23)26)18(24)22-10-9-13-5-3-4-6-17(13)21/h2-8,12H,1,9-11H2,(H,22,24). The van der Waals surface area contributed by atoms with Gasteiger partial charge in [-0.2, -0.15) is 0 Å². The number of rotatable bonds is 6. The summed E-state index contributed by atoms with van der Waals surface area (Å²) in [7, 11) is 0. The lowest BCUT2D eigenvalue weighted by molar-refractivity contribution is 0.0672. The van der Waals surface area contributed by atoms with E-state index in [-0.39, 0.29) is 41.5 Å². The molecule has 3 rings (SSSR count). The highest BCUT2D eigenvalue weighted by molar-refractivity contribution is 6.22. The first-order valence-corrected chi connectivity index (χ1v) is 8.15. The van der Waals surface area contributed by atoms with Crippen LogP contribution in [-0.4, -0.2) is 35.7 Å². The molecule has 1 aliphatic rings. The summed E-state index contributed by atoms with van der Waals surface area (Å²) in [4.78, 5) is 37.8. The van der Waals surface area contributed by atoms with Crippen molar-refractivity contribution < 1.29 is 18.8 Å². The molecule has 0 saturated heterocycles. The Hall–Kier alpha value is -3.28. The van der Waals surface area contributed by atoms with Crippen LogP contribution in [0.5, 0.6) is 0 Å². The molecule has 0 aromatic heterocycles. The molecular weight excluding hydrogens is 335 g/mol. The van der Waals surface area contributed by atoms with Gasteiger partial charge in [0.15, 0.2) is 0 Å². The Morgan fingerprint density at radius 2 is 1.85 bits per heavy atom. The zero-order valence-corrected chi connectivity index (χ0v) is 14.0. The minimum Gasteiger partial charge on any atom is -0.352 e. The molecule has 0 saturated carbocycles. The van der Waals surface area contributed by atoms with E-state index in [9.17, 15) is 18.8 Å². The summed E-state index contributed by atoms with van der Waals surface area (Å²) < 4.78 is 13.6. The summed E-state index contributed by atoms with van der Waals surface area (Å²) in [5.41, 5.74) is 1.28. The summed E-state index contributed by atoms with van der Waals surface area (Å²) in [6, 6.07) is 10.8. The van der Waals surface area contributed by atoms with Crippen LogP contribution in [0.2, 0.25) is 0 Å². The molecule has 0 atom stereocenters. The first-order valence-electron chi connectivity index (χ1n) is 8.15. The van der Waals surface area contributed by atoms with Gasteiger partial charge in [0, 0.05) is 18.7 Å². The molecule has 3 amide bonds. The molecule has 1 heterocycles. The highest BCUT2D eigenvalue weighted by Crippen LogP contribution is 2.24. The number of carbonyl (C=O) groups excluding carboxylic acids is 3. The largest absolute Gasteiger partial charge is 0.352 e. The van der Waals surface area contributed by atoms with Crippen LogP contribution < -0.4 is 5.32 Å². The molecular formula is C20H17FN2O3. The Bertz CT molecular complexity index is 908. The van der Waals surface area contributed by atoms with Crippen molar-refractivity contribution in [2.75, 3.05) is 13.1 Å². The van der Waals surface area contributed by atoms with Gasteiger partial charge in [0.1, 0.15) is 5.82 Å². The summed E-state index contributed by atoms with van der Waals surface area (Å²) in [6.07, 6.45) is 1.83. The van der Waals surface area contributed by atoms with E-state index in [0.717, 1.165) is 4.90 Å². The van der Waals surface area contributed by atoms with Gasteiger partial charge in [-0.1, -0.05) is 24.3 Å². The second kappa shape index (κ2) is 7.31. The number of hydrogen-bond acceptors (Lipinski definition) is 3. The predicted octanol–water partition coefficient (Wildman–Crippen LogP) is 2.58. The average molecular weight is 352 g/mol. The molecule has 5 nitrogen and oxygen atoms in total. The van der Waals surface area contributed by atoms with Gasteiger partial charge in [-0.15, -0.1) is 6.58 Å². The maximum absolute atomic E-state index is 13.6. The topological polar surface area (TPSA) is 66.5 Å². The summed E-state index contributed by atoms with van der Waals surface area (Å²) >= 11 is 0. The van der Waals surface area contributed by atoms with E-state index in [2.05, 4.69) is 11.9 Å². The number of amides is 3. The zero-order valence-electron chi connectivity index (χ0n) is 14.0. The molecule has 2 aromatic carbocycles. The molecule has 0 fully saturated rings. The Balaban J connectivity index is 1.68. The van der Waals surface area contributed by atoms with Gasteiger partial charge >= 0.3 is 0 Å². The highest BCUT2D eigenvalue weighted by atomic mass is 19.1. The van der Waals surface area contributed by atoms with Crippen molar-refractivity contribution in [3.05, 3.63) is 83.2 Å². The lowest BCUT2D eigenvalue weighted by Crippen LogP contribution is -2.29. The number of hydrogen-bond donors (Lipinski definition) is 1. The highest BCUT2D eigenvalue weighted by Gasteiger charge is 2.35. The third kappa shape index (κ3) is 3.26. The fourth-order valence-corrected chi connectivity index (χ4v) is 2.84. The number of halogens is 1. The lowest BCUT2D eigenvalue weighted by atomic mass is 10.1. The van der Waals surface area contributed by atoms with Gasteiger partial charge < -0.3 is 5.32 Å². The van der Waals surface area contributed by atoms with Gasteiger partial charge in [0.25, 0.3) is 17.7 Å². The van der Waals surface area contributed by atoms with Crippen LogP contribution in [0, 0.1) is 5.82 Å². The Morgan fingerprint density at radius 3 is 2.58 bits per heavy atom. The summed E-state index contributed by atoms with van der Waals surface area (Å²) in [5, 5.41) is 2.70. The second-order valence-corrected chi connectivity index (χ2v) is 5.87. The van der Waals surface area contributed by atoms with Gasteiger partial charge in [0.2, 0.25) is 0 Å². The average Bonchev–Trinajstić information content (AvgIpc) is 2.88. The van der Waals surface area contributed by atoms with E-state index in [0.29, 0.717) is 12.0 Å². The zero-order chi connectivity index (χ0) is 18.7. The Labute approximate surface area is 150 Å². The number of benzene rings is 2. The lowest BCUT2D eigenvalue weighted by Gasteiger charge is -2.09. The van der Waals surface area contributed by atoms with Crippen LogP contribution in [0.4, 0.5) is 4.39 Å². The van der Waals surface area contributed by atoms with Gasteiger partial charge in [0.05, 0.1) is 11.1 Å². The molecule has 26 heavy (non-hydrogen) atoms. The van der Waals surface area contributed by atoms with E-state index in [1.807, 2.05) is 0 Å². The summed E-state index contributed by atoms with van der Waals surface area (Å²) in [5.74, 6) is -1.53. The quantitative estimate of drug-likeness (QED) is 0.642. The van der Waals surface area contributed by atoms with E-state index in [1.165, 1.54) is 30.3 Å². The van der Waals surface area contributed by atoms with Crippen LogP contribution in [-0.2, 0) is 6.42 Å². The SMILES string of the molecule is C=CCN1C(=O)c2ccc(C(=O)NCCc3ccccc3F)cc2C1=O. The van der Waals surface area contributed by atoms with E-state index in [1.54, 1.807) is 18.2 Å².